The number of ether oxygens (including phenoxy) is 2. The molecule has 1 saturated carbocycles. The van der Waals surface area contributed by atoms with Crippen LogP contribution < -0.4 is 4.74 Å². The van der Waals surface area contributed by atoms with Crippen molar-refractivity contribution < 1.29 is 22.7 Å². The van der Waals surface area contributed by atoms with Crippen LogP contribution in [-0.2, 0) is 32.5 Å². The van der Waals surface area contributed by atoms with E-state index in [9.17, 15) is 13.2 Å². The van der Waals surface area contributed by atoms with E-state index in [1.165, 1.54) is 20.0 Å². The molecule has 7 nitrogen and oxygen atoms in total. The van der Waals surface area contributed by atoms with E-state index in [4.69, 9.17) is 9.47 Å². The molecule has 2 fully saturated rings. The van der Waals surface area contributed by atoms with Crippen LogP contribution in [0.3, 0.4) is 0 Å². The number of nitrogens with zero attached hydrogens (tertiary/aromatic N) is 2. The second kappa shape index (κ2) is 10.9. The maximum atomic E-state index is 13.0. The first-order valence-electron chi connectivity index (χ1n) is 12.0. The monoisotopic (exact) mass is 486 g/mol. The predicted molar refractivity (Wildman–Crippen MR) is 130 cm³/mol. The number of hydrogen-bond acceptors (Lipinski definition) is 6. The quantitative estimate of drug-likeness (QED) is 0.532. The number of hydrogen-bond donors (Lipinski definition) is 0. The summed E-state index contributed by atoms with van der Waals surface area (Å²) >= 11 is 0. The number of piperazine rings is 1. The molecule has 34 heavy (non-hydrogen) atoms. The molecule has 0 bridgehead atoms. The molecule has 2 aliphatic rings. The van der Waals surface area contributed by atoms with Crippen molar-refractivity contribution in [3.63, 3.8) is 0 Å². The number of carbonyl (C=O) groups is 1. The standard InChI is InChI=1S/C26H34N2O5S/c1-20-7-10-24(11-8-20)34(30,31)28-15-13-27(14-16-28)19-22-17-21(18-26(29)32-2)9-12-25(22)33-23-5-3-4-6-23/h7-12,17,23H,3-6,13-16,18-19H2,1-2H3. The molecule has 1 aliphatic carbocycles. The van der Waals surface area contributed by atoms with Crippen molar-refractivity contribution in [1.29, 1.82) is 0 Å². The average molecular weight is 487 g/mol. The first-order valence-corrected chi connectivity index (χ1v) is 13.4. The van der Waals surface area contributed by atoms with Crippen molar-refractivity contribution in [2.45, 2.75) is 56.6 Å². The van der Waals surface area contributed by atoms with Gasteiger partial charge in [-0.2, -0.15) is 4.31 Å². The number of methoxy groups -OCH3 is 1. The number of aryl methyl sites for hydroxylation is 1. The zero-order valence-corrected chi connectivity index (χ0v) is 20.9. The van der Waals surface area contributed by atoms with Crippen LogP contribution in [0.4, 0.5) is 0 Å². The third kappa shape index (κ3) is 5.98. The van der Waals surface area contributed by atoms with Gasteiger partial charge in [0.2, 0.25) is 10.0 Å². The second-order valence-electron chi connectivity index (χ2n) is 9.21. The summed E-state index contributed by atoms with van der Waals surface area (Å²) in [6, 6.07) is 12.9. The van der Waals surface area contributed by atoms with E-state index in [-0.39, 0.29) is 18.5 Å². The maximum absolute atomic E-state index is 13.0. The lowest BCUT2D eigenvalue weighted by molar-refractivity contribution is -0.139. The summed E-state index contributed by atoms with van der Waals surface area (Å²) in [4.78, 5) is 14.4. The molecule has 1 heterocycles. The molecule has 4 rings (SSSR count). The molecule has 0 N–H and O–H groups in total. The highest BCUT2D eigenvalue weighted by molar-refractivity contribution is 7.89. The minimum atomic E-state index is -3.49. The second-order valence-corrected chi connectivity index (χ2v) is 11.2. The van der Waals surface area contributed by atoms with Gasteiger partial charge in [0, 0.05) is 38.3 Å². The van der Waals surface area contributed by atoms with Crippen molar-refractivity contribution in [3.8, 4) is 5.75 Å². The number of esters is 1. The Labute approximate surface area is 202 Å². The van der Waals surface area contributed by atoms with Gasteiger partial charge in [-0.1, -0.05) is 29.8 Å². The van der Waals surface area contributed by atoms with E-state index >= 15 is 0 Å². The zero-order valence-electron chi connectivity index (χ0n) is 20.0. The largest absolute Gasteiger partial charge is 0.490 e. The third-order valence-corrected chi connectivity index (χ3v) is 8.59. The summed E-state index contributed by atoms with van der Waals surface area (Å²) < 4.78 is 38.8. The van der Waals surface area contributed by atoms with Gasteiger partial charge in [-0.15, -0.1) is 0 Å². The summed E-state index contributed by atoms with van der Waals surface area (Å²) in [5, 5.41) is 0. The minimum Gasteiger partial charge on any atom is -0.490 e. The van der Waals surface area contributed by atoms with E-state index in [1.807, 2.05) is 37.3 Å². The van der Waals surface area contributed by atoms with E-state index < -0.39 is 10.0 Å². The molecule has 184 valence electrons. The fourth-order valence-corrected chi connectivity index (χ4v) is 6.06. The number of rotatable bonds is 8. The molecule has 0 spiro atoms. The number of benzene rings is 2. The van der Waals surface area contributed by atoms with Gasteiger partial charge < -0.3 is 9.47 Å². The van der Waals surface area contributed by atoms with Crippen molar-refractivity contribution in [1.82, 2.24) is 9.21 Å². The Morgan fingerprint density at radius 2 is 1.68 bits per heavy atom. The van der Waals surface area contributed by atoms with Gasteiger partial charge in [-0.05, 0) is 56.4 Å². The van der Waals surface area contributed by atoms with Crippen LogP contribution in [0, 0.1) is 6.92 Å². The summed E-state index contributed by atoms with van der Waals surface area (Å²) in [6.07, 6.45) is 4.98. The molecule has 0 atom stereocenters. The van der Waals surface area contributed by atoms with Crippen LogP contribution in [-0.4, -0.2) is 63.0 Å². The first-order chi connectivity index (χ1) is 16.3. The number of sulfonamides is 1. The Kier molecular flexibility index (Phi) is 7.91. The molecule has 0 unspecified atom stereocenters. The molecule has 1 saturated heterocycles. The van der Waals surface area contributed by atoms with E-state index in [0.29, 0.717) is 37.6 Å². The fraction of sp³-hybridized carbons (Fsp3) is 0.500. The molecular formula is C26H34N2O5S. The van der Waals surface area contributed by atoms with Gasteiger partial charge in [0.15, 0.2) is 0 Å². The molecule has 0 amide bonds. The lowest BCUT2D eigenvalue weighted by Crippen LogP contribution is -2.48. The molecule has 0 radical (unpaired) electrons. The highest BCUT2D eigenvalue weighted by atomic mass is 32.2. The van der Waals surface area contributed by atoms with Gasteiger partial charge in [-0.25, -0.2) is 8.42 Å². The van der Waals surface area contributed by atoms with E-state index in [2.05, 4.69) is 4.90 Å². The Bertz CT molecular complexity index is 1090. The van der Waals surface area contributed by atoms with Gasteiger partial charge in [0.25, 0.3) is 0 Å². The van der Waals surface area contributed by atoms with Crippen molar-refractivity contribution in [2.75, 3.05) is 33.3 Å². The normalized spacial score (nSPS) is 18.2. The van der Waals surface area contributed by atoms with Gasteiger partial charge in [-0.3, -0.25) is 9.69 Å². The Morgan fingerprint density at radius 1 is 1.00 bits per heavy atom. The minimum absolute atomic E-state index is 0.218. The Balaban J connectivity index is 1.44. The Hall–Kier alpha value is -2.42. The summed E-state index contributed by atoms with van der Waals surface area (Å²) in [5.74, 6) is 0.584. The average Bonchev–Trinajstić information content (AvgIpc) is 3.34. The fourth-order valence-electron chi connectivity index (χ4n) is 4.63. The lowest BCUT2D eigenvalue weighted by Gasteiger charge is -2.34. The molecular weight excluding hydrogens is 452 g/mol. The highest BCUT2D eigenvalue weighted by Gasteiger charge is 2.29. The van der Waals surface area contributed by atoms with E-state index in [1.54, 1.807) is 16.4 Å². The van der Waals surface area contributed by atoms with Crippen molar-refractivity contribution in [3.05, 3.63) is 59.2 Å². The molecule has 2 aromatic carbocycles. The van der Waals surface area contributed by atoms with Crippen molar-refractivity contribution >= 4 is 16.0 Å². The summed E-state index contributed by atoms with van der Waals surface area (Å²) in [7, 11) is -2.10. The predicted octanol–water partition coefficient (Wildman–Crippen LogP) is 3.54. The SMILES string of the molecule is COC(=O)Cc1ccc(OC2CCCC2)c(CN2CCN(S(=O)(=O)c3ccc(C)cc3)CC2)c1. The molecule has 8 heteroatoms. The highest BCUT2D eigenvalue weighted by Crippen LogP contribution is 2.29. The first kappa shape index (κ1) is 24.7. The Morgan fingerprint density at radius 3 is 2.32 bits per heavy atom. The summed E-state index contributed by atoms with van der Waals surface area (Å²) in [5.41, 5.74) is 2.96. The van der Waals surface area contributed by atoms with Gasteiger partial charge >= 0.3 is 5.97 Å². The van der Waals surface area contributed by atoms with Crippen LogP contribution >= 0.6 is 0 Å². The van der Waals surface area contributed by atoms with Crippen LogP contribution in [0.15, 0.2) is 47.4 Å². The molecule has 1 aliphatic heterocycles. The lowest BCUT2D eigenvalue weighted by atomic mass is 10.1. The van der Waals surface area contributed by atoms with Crippen LogP contribution in [0.5, 0.6) is 5.75 Å². The van der Waals surface area contributed by atoms with Crippen LogP contribution in [0.2, 0.25) is 0 Å². The number of carbonyl (C=O) groups excluding carboxylic acids is 1. The smallest absolute Gasteiger partial charge is 0.309 e. The third-order valence-electron chi connectivity index (χ3n) is 6.68. The molecule has 2 aromatic rings. The summed E-state index contributed by atoms with van der Waals surface area (Å²) in [6.45, 7) is 4.74. The van der Waals surface area contributed by atoms with Crippen molar-refractivity contribution in [2.24, 2.45) is 0 Å². The van der Waals surface area contributed by atoms with Crippen LogP contribution in [0.1, 0.15) is 42.4 Å². The molecule has 0 aromatic heterocycles. The van der Waals surface area contributed by atoms with Gasteiger partial charge in [0.1, 0.15) is 5.75 Å². The topological polar surface area (TPSA) is 76.2 Å². The van der Waals surface area contributed by atoms with Crippen LogP contribution in [0.25, 0.3) is 0 Å². The zero-order chi connectivity index (χ0) is 24.1. The van der Waals surface area contributed by atoms with E-state index in [0.717, 1.165) is 35.3 Å². The maximum Gasteiger partial charge on any atom is 0.309 e. The van der Waals surface area contributed by atoms with Gasteiger partial charge in [0.05, 0.1) is 24.5 Å².